The molecule has 1 aromatic rings. The maximum Gasteiger partial charge on any atom is 0.307 e. The molecule has 1 heterocycles. The smallest absolute Gasteiger partial charge is 0.307 e. The Labute approximate surface area is 135 Å². The van der Waals surface area contributed by atoms with Crippen molar-refractivity contribution in [2.45, 2.75) is 45.4 Å². The number of aryl methyl sites for hydroxylation is 1. The maximum atomic E-state index is 12.3. The summed E-state index contributed by atoms with van der Waals surface area (Å²) in [5, 5.41) is 8.94. The molecule has 0 amide bonds. The van der Waals surface area contributed by atoms with Crippen LogP contribution in [0.2, 0.25) is 0 Å². The van der Waals surface area contributed by atoms with Gasteiger partial charge in [-0.05, 0) is 37.3 Å². The Kier molecular flexibility index (Phi) is 5.46. The quantitative estimate of drug-likeness (QED) is 0.726. The molecule has 23 heavy (non-hydrogen) atoms. The van der Waals surface area contributed by atoms with E-state index in [4.69, 9.17) is 5.11 Å². The highest BCUT2D eigenvalue weighted by Crippen LogP contribution is 2.25. The normalized spacial score (nSPS) is 16.2. The Morgan fingerprint density at radius 2 is 2.00 bits per heavy atom. The molecule has 0 aromatic carbocycles. The van der Waals surface area contributed by atoms with Crippen LogP contribution in [-0.4, -0.2) is 30.2 Å². The molecule has 0 radical (unpaired) electrons. The molecule has 7 nitrogen and oxygen atoms in total. The third-order valence-electron chi connectivity index (χ3n) is 4.03. The van der Waals surface area contributed by atoms with Gasteiger partial charge in [0.05, 0.1) is 12.2 Å². The predicted molar refractivity (Wildman–Crippen MR) is 87.1 cm³/mol. The van der Waals surface area contributed by atoms with Gasteiger partial charge in [-0.3, -0.25) is 14.3 Å². The van der Waals surface area contributed by atoms with Crippen LogP contribution in [0.3, 0.4) is 0 Å². The molecular weight excluding hydrogens is 320 g/mol. The standard InChI is InChI=1S/C15H22N2O5S/c1-10-7-12(8-13(18)19)14(15(20)16-10)17-23(21,22)9-11-5-3-2-4-6-11/h7,11,17H,2-6,8-9H2,1H3,(H,16,20)(H,18,19). The van der Waals surface area contributed by atoms with Gasteiger partial charge in [-0.2, -0.15) is 0 Å². The number of carboxylic acids is 1. The second-order valence-electron chi connectivity index (χ2n) is 6.14. The van der Waals surface area contributed by atoms with Crippen molar-refractivity contribution in [1.29, 1.82) is 0 Å². The molecule has 0 saturated heterocycles. The summed E-state index contributed by atoms with van der Waals surface area (Å²) < 4.78 is 27.0. The molecule has 3 N–H and O–H groups in total. The summed E-state index contributed by atoms with van der Waals surface area (Å²) in [4.78, 5) is 25.5. The second-order valence-corrected chi connectivity index (χ2v) is 7.91. The molecule has 1 saturated carbocycles. The molecule has 128 valence electrons. The summed E-state index contributed by atoms with van der Waals surface area (Å²) in [6.45, 7) is 1.62. The van der Waals surface area contributed by atoms with Crippen molar-refractivity contribution in [2.24, 2.45) is 5.92 Å². The lowest BCUT2D eigenvalue weighted by molar-refractivity contribution is -0.136. The first-order chi connectivity index (χ1) is 10.8. The Morgan fingerprint density at radius 3 is 2.61 bits per heavy atom. The molecule has 1 aliphatic carbocycles. The van der Waals surface area contributed by atoms with Gasteiger partial charge in [0.2, 0.25) is 10.0 Å². The van der Waals surface area contributed by atoms with Crippen molar-refractivity contribution < 1.29 is 18.3 Å². The van der Waals surface area contributed by atoms with Crippen LogP contribution in [0, 0.1) is 12.8 Å². The van der Waals surface area contributed by atoms with Crippen molar-refractivity contribution >= 4 is 21.7 Å². The Balaban J connectivity index is 2.23. The fourth-order valence-electron chi connectivity index (χ4n) is 3.03. The first-order valence-electron chi connectivity index (χ1n) is 7.72. The van der Waals surface area contributed by atoms with E-state index in [-0.39, 0.29) is 22.9 Å². The summed E-state index contributed by atoms with van der Waals surface area (Å²) in [5.74, 6) is -1.07. The molecule has 1 aliphatic rings. The van der Waals surface area contributed by atoms with Crippen LogP contribution in [-0.2, 0) is 21.2 Å². The summed E-state index contributed by atoms with van der Waals surface area (Å²) in [6, 6.07) is 1.48. The average molecular weight is 342 g/mol. The zero-order valence-corrected chi connectivity index (χ0v) is 13.9. The van der Waals surface area contributed by atoms with Gasteiger partial charge in [-0.15, -0.1) is 0 Å². The predicted octanol–water partition coefficient (Wildman–Crippen LogP) is 1.63. The van der Waals surface area contributed by atoms with E-state index in [0.29, 0.717) is 5.69 Å². The van der Waals surface area contributed by atoms with Gasteiger partial charge in [-0.1, -0.05) is 19.3 Å². The number of aromatic nitrogens is 1. The minimum atomic E-state index is -3.69. The number of rotatable bonds is 6. The van der Waals surface area contributed by atoms with E-state index in [1.807, 2.05) is 0 Å². The van der Waals surface area contributed by atoms with Crippen molar-refractivity contribution in [3.63, 3.8) is 0 Å². The van der Waals surface area contributed by atoms with Crippen LogP contribution in [0.1, 0.15) is 43.4 Å². The van der Waals surface area contributed by atoms with Crippen LogP contribution in [0.5, 0.6) is 0 Å². The number of aliphatic carboxylic acids is 1. The Hall–Kier alpha value is -1.83. The number of sulfonamides is 1. The number of carbonyl (C=O) groups is 1. The molecule has 1 aromatic heterocycles. The molecular formula is C15H22N2O5S. The van der Waals surface area contributed by atoms with Crippen LogP contribution in [0.25, 0.3) is 0 Å². The maximum absolute atomic E-state index is 12.3. The summed E-state index contributed by atoms with van der Waals surface area (Å²) in [6.07, 6.45) is 4.50. The largest absolute Gasteiger partial charge is 0.481 e. The highest BCUT2D eigenvalue weighted by atomic mass is 32.2. The number of pyridine rings is 1. The van der Waals surface area contributed by atoms with Gasteiger partial charge in [0.25, 0.3) is 5.56 Å². The molecule has 1 fully saturated rings. The number of nitrogens with one attached hydrogen (secondary N) is 2. The monoisotopic (exact) mass is 342 g/mol. The molecule has 8 heteroatoms. The summed E-state index contributed by atoms with van der Waals surface area (Å²) in [5.41, 5.74) is -0.144. The summed E-state index contributed by atoms with van der Waals surface area (Å²) in [7, 11) is -3.69. The fraction of sp³-hybridized carbons (Fsp3) is 0.600. The number of hydrogen-bond acceptors (Lipinski definition) is 4. The van der Waals surface area contributed by atoms with Crippen LogP contribution >= 0.6 is 0 Å². The lowest BCUT2D eigenvalue weighted by Gasteiger charge is -2.21. The lowest BCUT2D eigenvalue weighted by atomic mass is 9.91. The average Bonchev–Trinajstić information content (AvgIpc) is 2.42. The molecule has 0 spiro atoms. The van der Waals surface area contributed by atoms with Gasteiger partial charge >= 0.3 is 5.97 Å². The van der Waals surface area contributed by atoms with E-state index >= 15 is 0 Å². The van der Waals surface area contributed by atoms with Gasteiger partial charge in [0.1, 0.15) is 5.69 Å². The second kappa shape index (κ2) is 7.16. The van der Waals surface area contributed by atoms with Gasteiger partial charge < -0.3 is 10.1 Å². The van der Waals surface area contributed by atoms with E-state index in [1.54, 1.807) is 6.92 Å². The van der Waals surface area contributed by atoms with Crippen molar-refractivity contribution in [1.82, 2.24) is 4.98 Å². The highest BCUT2D eigenvalue weighted by molar-refractivity contribution is 7.92. The third-order valence-corrected chi connectivity index (χ3v) is 5.45. The van der Waals surface area contributed by atoms with Gasteiger partial charge in [-0.25, -0.2) is 8.42 Å². The number of H-pyrrole nitrogens is 1. The third kappa shape index (κ3) is 5.09. The first-order valence-corrected chi connectivity index (χ1v) is 9.37. The van der Waals surface area contributed by atoms with Crippen LogP contribution in [0.15, 0.2) is 10.9 Å². The Bertz CT molecular complexity index is 733. The SMILES string of the molecule is Cc1cc(CC(=O)O)c(NS(=O)(=O)CC2CCCCC2)c(=O)[nH]1. The minimum Gasteiger partial charge on any atom is -0.481 e. The van der Waals surface area contributed by atoms with Crippen molar-refractivity contribution in [3.8, 4) is 0 Å². The highest BCUT2D eigenvalue weighted by Gasteiger charge is 2.23. The fourth-order valence-corrected chi connectivity index (χ4v) is 4.60. The van der Waals surface area contributed by atoms with E-state index < -0.39 is 28.0 Å². The number of carboxylic acid groups (broad SMARTS) is 1. The van der Waals surface area contributed by atoms with Crippen LogP contribution in [0.4, 0.5) is 5.69 Å². The van der Waals surface area contributed by atoms with E-state index in [9.17, 15) is 18.0 Å². The molecule has 0 aliphatic heterocycles. The van der Waals surface area contributed by atoms with Gasteiger partial charge in [0.15, 0.2) is 0 Å². The number of aromatic amines is 1. The molecule has 0 bridgehead atoms. The first kappa shape index (κ1) is 17.5. The van der Waals surface area contributed by atoms with Gasteiger partial charge in [0, 0.05) is 5.69 Å². The lowest BCUT2D eigenvalue weighted by Crippen LogP contribution is -2.28. The number of hydrogen-bond donors (Lipinski definition) is 3. The van der Waals surface area contributed by atoms with E-state index in [2.05, 4.69) is 9.71 Å². The molecule has 0 unspecified atom stereocenters. The topological polar surface area (TPSA) is 116 Å². The van der Waals surface area contributed by atoms with Crippen molar-refractivity contribution in [2.75, 3.05) is 10.5 Å². The Morgan fingerprint density at radius 1 is 1.35 bits per heavy atom. The van der Waals surface area contributed by atoms with E-state index in [1.165, 1.54) is 6.07 Å². The summed E-state index contributed by atoms with van der Waals surface area (Å²) >= 11 is 0. The minimum absolute atomic E-state index is 0.0349. The van der Waals surface area contributed by atoms with E-state index in [0.717, 1.165) is 32.1 Å². The molecule has 0 atom stereocenters. The van der Waals surface area contributed by atoms with Crippen LogP contribution < -0.4 is 10.3 Å². The zero-order valence-electron chi connectivity index (χ0n) is 13.1. The number of anilines is 1. The zero-order chi connectivity index (χ0) is 17.0. The molecule has 2 rings (SSSR count). The van der Waals surface area contributed by atoms with Crippen molar-refractivity contribution in [3.05, 3.63) is 27.7 Å².